The second-order valence-electron chi connectivity index (χ2n) is 3.55. The number of nitrogens with one attached hydrogen (secondary N) is 1. The molecule has 1 heterocycles. The van der Waals surface area contributed by atoms with Crippen LogP contribution < -0.4 is 5.09 Å². The van der Waals surface area contributed by atoms with E-state index in [4.69, 9.17) is 23.2 Å². The molecular formula is C10H13Cl2N2OPS. The summed E-state index contributed by atoms with van der Waals surface area (Å²) in [5, 5.41) is 3.11. The Balaban J connectivity index is 2.19. The molecule has 7 heteroatoms. The first-order valence-electron chi connectivity index (χ1n) is 5.24. The number of rotatable bonds is 5. The normalized spacial score (nSPS) is 22.5. The number of alkyl halides is 2. The van der Waals surface area contributed by atoms with Crippen molar-refractivity contribution < 1.29 is 4.57 Å². The summed E-state index contributed by atoms with van der Waals surface area (Å²) in [5.74, 6) is 0.888. The van der Waals surface area contributed by atoms with Crippen LogP contribution in [0.2, 0.25) is 0 Å². The lowest BCUT2D eigenvalue weighted by Gasteiger charge is -2.26. The largest absolute Gasteiger partial charge is 0.315 e. The van der Waals surface area contributed by atoms with Gasteiger partial charge in [0.05, 0.1) is 5.69 Å². The molecule has 0 amide bonds. The Morgan fingerprint density at radius 2 is 1.88 bits per heavy atom. The van der Waals surface area contributed by atoms with Crippen molar-refractivity contribution in [2.24, 2.45) is 0 Å². The molecular weight excluding hydrogens is 298 g/mol. The molecule has 1 N–H and O–H groups in total. The lowest BCUT2D eigenvalue weighted by molar-refractivity contribution is 0.463. The minimum Gasteiger partial charge on any atom is -0.315 e. The summed E-state index contributed by atoms with van der Waals surface area (Å²) in [7, 11) is 0. The van der Waals surface area contributed by atoms with Crippen molar-refractivity contribution in [3.63, 3.8) is 0 Å². The van der Waals surface area contributed by atoms with Crippen molar-refractivity contribution in [3.8, 4) is 0 Å². The summed E-state index contributed by atoms with van der Waals surface area (Å²) in [6.07, 6.45) is 0. The summed E-state index contributed by atoms with van der Waals surface area (Å²) < 4.78 is 14.7. The third-order valence-electron chi connectivity index (χ3n) is 2.43. The van der Waals surface area contributed by atoms with E-state index in [-0.39, 0.29) is 0 Å². The maximum Gasteiger partial charge on any atom is 0.297 e. The van der Waals surface area contributed by atoms with E-state index in [1.54, 1.807) is 0 Å². The lowest BCUT2D eigenvalue weighted by Crippen LogP contribution is -2.25. The summed E-state index contributed by atoms with van der Waals surface area (Å²) in [6.45, 7) is -1.53. The molecule has 0 saturated carbocycles. The molecule has 1 unspecified atom stereocenters. The fourth-order valence-electron chi connectivity index (χ4n) is 1.65. The smallest absolute Gasteiger partial charge is 0.297 e. The molecule has 1 aliphatic rings. The highest BCUT2D eigenvalue weighted by molar-refractivity contribution is 8.58. The molecule has 0 aliphatic carbocycles. The number of benzene rings is 1. The third-order valence-corrected chi connectivity index (χ3v) is 7.53. The van der Waals surface area contributed by atoms with Gasteiger partial charge < -0.3 is 5.09 Å². The molecule has 94 valence electrons. The van der Waals surface area contributed by atoms with Gasteiger partial charge in [-0.2, -0.15) is 0 Å². The van der Waals surface area contributed by atoms with Crippen LogP contribution in [0.15, 0.2) is 29.2 Å². The van der Waals surface area contributed by atoms with Crippen LogP contribution in [0.3, 0.4) is 0 Å². The maximum atomic E-state index is 12.8. The highest BCUT2D eigenvalue weighted by Gasteiger charge is 2.37. The predicted molar refractivity (Wildman–Crippen MR) is 76.5 cm³/mol. The van der Waals surface area contributed by atoms with Gasteiger partial charge in [0.15, 0.2) is 0 Å². The Kier molecular flexibility index (Phi) is 4.67. The van der Waals surface area contributed by atoms with Gasteiger partial charge in [0.1, 0.15) is 0 Å². The molecule has 1 atom stereocenters. The van der Waals surface area contributed by atoms with E-state index >= 15 is 0 Å². The number of hydrogen-bond donors (Lipinski definition) is 1. The average Bonchev–Trinajstić information content (AvgIpc) is 2.66. The van der Waals surface area contributed by atoms with Gasteiger partial charge in [-0.3, -0.25) is 4.57 Å². The molecule has 3 nitrogen and oxygen atoms in total. The van der Waals surface area contributed by atoms with Crippen molar-refractivity contribution in [3.05, 3.63) is 24.3 Å². The Labute approximate surface area is 115 Å². The molecule has 2 rings (SSSR count). The standard InChI is InChI=1S/C10H13Cl2N2OPS/c11-5-7-14(8-6-12)16(15)13-9-3-1-2-4-10(9)17-16/h1-4H,5-8H2,(H,13,15). The Morgan fingerprint density at radius 1 is 1.24 bits per heavy atom. The van der Waals surface area contributed by atoms with Crippen molar-refractivity contribution in [2.75, 3.05) is 29.9 Å². The monoisotopic (exact) mass is 310 g/mol. The zero-order valence-electron chi connectivity index (χ0n) is 9.10. The molecule has 1 aromatic rings. The minimum atomic E-state index is -2.66. The van der Waals surface area contributed by atoms with Gasteiger partial charge in [-0.05, 0) is 23.5 Å². The third kappa shape index (κ3) is 2.94. The highest BCUT2D eigenvalue weighted by Crippen LogP contribution is 2.69. The van der Waals surface area contributed by atoms with Crippen LogP contribution in [-0.4, -0.2) is 29.5 Å². The van der Waals surface area contributed by atoms with Crippen LogP contribution in [0.5, 0.6) is 0 Å². The van der Waals surface area contributed by atoms with Crippen molar-refractivity contribution >= 4 is 46.9 Å². The number of hydrogen-bond acceptors (Lipinski definition) is 2. The molecule has 0 fully saturated rings. The molecule has 1 aliphatic heterocycles. The Bertz CT molecular complexity index is 411. The molecule has 0 saturated heterocycles. The highest BCUT2D eigenvalue weighted by atomic mass is 35.5. The van der Waals surface area contributed by atoms with Crippen LogP contribution in [0.25, 0.3) is 0 Å². The molecule has 17 heavy (non-hydrogen) atoms. The van der Waals surface area contributed by atoms with Gasteiger partial charge in [-0.1, -0.05) is 12.1 Å². The summed E-state index contributed by atoms with van der Waals surface area (Å²) in [5.41, 5.74) is 0.926. The second kappa shape index (κ2) is 5.85. The van der Waals surface area contributed by atoms with Gasteiger partial charge in [0.25, 0.3) is 6.65 Å². The van der Waals surface area contributed by atoms with Gasteiger partial charge >= 0.3 is 0 Å². The van der Waals surface area contributed by atoms with Crippen LogP contribution >= 0.6 is 41.2 Å². The minimum absolute atomic E-state index is 0.444. The van der Waals surface area contributed by atoms with E-state index in [1.807, 2.05) is 28.9 Å². The molecule has 1 aromatic carbocycles. The van der Waals surface area contributed by atoms with Gasteiger partial charge in [-0.15, -0.1) is 23.2 Å². The number of anilines is 1. The van der Waals surface area contributed by atoms with Crippen molar-refractivity contribution in [1.29, 1.82) is 0 Å². The summed E-state index contributed by atoms with van der Waals surface area (Å²) in [6, 6.07) is 7.76. The zero-order valence-corrected chi connectivity index (χ0v) is 12.3. The fourth-order valence-corrected chi connectivity index (χ4v) is 7.06. The predicted octanol–water partition coefficient (Wildman–Crippen LogP) is 4.09. The van der Waals surface area contributed by atoms with Gasteiger partial charge in [0.2, 0.25) is 0 Å². The Hall–Kier alpha value is 0.140. The van der Waals surface area contributed by atoms with E-state index in [9.17, 15) is 4.57 Å². The quantitative estimate of drug-likeness (QED) is 0.656. The first kappa shape index (κ1) is 13.6. The first-order chi connectivity index (χ1) is 8.19. The molecule has 0 spiro atoms. The van der Waals surface area contributed by atoms with E-state index in [0.717, 1.165) is 10.6 Å². The van der Waals surface area contributed by atoms with E-state index < -0.39 is 6.65 Å². The zero-order chi connectivity index (χ0) is 12.3. The van der Waals surface area contributed by atoms with Crippen LogP contribution in [0.1, 0.15) is 0 Å². The van der Waals surface area contributed by atoms with E-state index in [2.05, 4.69) is 5.09 Å². The SMILES string of the molecule is O=P1(N(CCCl)CCCl)Nc2ccccc2S1. The van der Waals surface area contributed by atoms with E-state index in [1.165, 1.54) is 11.4 Å². The molecule has 0 aromatic heterocycles. The summed E-state index contributed by atoms with van der Waals surface area (Å²) >= 11 is 12.9. The van der Waals surface area contributed by atoms with Crippen LogP contribution in [-0.2, 0) is 4.57 Å². The topological polar surface area (TPSA) is 32.3 Å². The number of para-hydroxylation sites is 1. The van der Waals surface area contributed by atoms with Gasteiger partial charge in [-0.25, -0.2) is 4.67 Å². The van der Waals surface area contributed by atoms with Crippen LogP contribution in [0, 0.1) is 0 Å². The summed E-state index contributed by atoms with van der Waals surface area (Å²) in [4.78, 5) is 1.02. The number of nitrogens with zero attached hydrogens (tertiary/aromatic N) is 1. The van der Waals surface area contributed by atoms with E-state index in [0.29, 0.717) is 24.8 Å². The van der Waals surface area contributed by atoms with Crippen LogP contribution in [0.4, 0.5) is 5.69 Å². The Morgan fingerprint density at radius 3 is 2.47 bits per heavy atom. The lowest BCUT2D eigenvalue weighted by atomic mass is 10.3. The number of fused-ring (bicyclic) bond motifs is 1. The number of halogens is 2. The van der Waals surface area contributed by atoms with Gasteiger partial charge in [0, 0.05) is 29.7 Å². The second-order valence-corrected chi connectivity index (χ2v) is 8.79. The first-order valence-corrected chi connectivity index (χ1v) is 9.39. The van der Waals surface area contributed by atoms with Crippen molar-refractivity contribution in [1.82, 2.24) is 4.67 Å². The average molecular weight is 311 g/mol. The maximum absolute atomic E-state index is 12.8. The molecule has 0 radical (unpaired) electrons. The molecule has 0 bridgehead atoms. The van der Waals surface area contributed by atoms with Crippen molar-refractivity contribution in [2.45, 2.75) is 4.90 Å². The fraction of sp³-hybridized carbons (Fsp3) is 0.400.